The third-order valence-electron chi connectivity index (χ3n) is 1.54. The number of nitrogens with two attached hydrogens (primary N) is 1. The molecule has 0 aliphatic rings. The molecule has 13 heavy (non-hydrogen) atoms. The first-order chi connectivity index (χ1) is 6.24. The van der Waals surface area contributed by atoms with E-state index in [1.54, 1.807) is 11.8 Å². The fourth-order valence-electron chi connectivity index (χ4n) is 0.767. The van der Waals surface area contributed by atoms with Crippen LogP contribution in [0, 0.1) is 0 Å². The molecule has 0 aliphatic heterocycles. The summed E-state index contributed by atoms with van der Waals surface area (Å²) in [5.74, 6) is 1.54. The highest BCUT2D eigenvalue weighted by Crippen LogP contribution is 2.19. The lowest BCUT2D eigenvalue weighted by Gasteiger charge is -1.95. The van der Waals surface area contributed by atoms with Crippen LogP contribution in [0.4, 0.5) is 0 Å². The van der Waals surface area contributed by atoms with E-state index in [4.69, 9.17) is 10.2 Å². The van der Waals surface area contributed by atoms with E-state index in [-0.39, 0.29) is 6.04 Å². The highest BCUT2D eigenvalue weighted by molar-refractivity contribution is 7.99. The average Bonchev–Trinajstić information content (AvgIpc) is 2.53. The number of hydrogen-bond donors (Lipinski definition) is 1. The molecular weight excluding hydrogens is 186 g/mol. The molecule has 0 aliphatic carbocycles. The zero-order chi connectivity index (χ0) is 9.68. The summed E-state index contributed by atoms with van der Waals surface area (Å²) in [6, 6.07) is -0.173. The van der Waals surface area contributed by atoms with Crippen LogP contribution >= 0.6 is 11.8 Å². The quantitative estimate of drug-likeness (QED) is 0.583. The summed E-state index contributed by atoms with van der Waals surface area (Å²) in [6.45, 7) is 3.98. The molecule has 0 aromatic carbocycles. The van der Waals surface area contributed by atoms with E-state index in [0.29, 0.717) is 11.1 Å². The Balaban J connectivity index is 2.40. The summed E-state index contributed by atoms with van der Waals surface area (Å²) in [6.07, 6.45) is 2.35. The van der Waals surface area contributed by atoms with Crippen LogP contribution in [0.5, 0.6) is 0 Å². The van der Waals surface area contributed by atoms with Crippen molar-refractivity contribution in [3.8, 4) is 0 Å². The van der Waals surface area contributed by atoms with Gasteiger partial charge in [-0.1, -0.05) is 25.1 Å². The van der Waals surface area contributed by atoms with Gasteiger partial charge in [0.15, 0.2) is 0 Å². The average molecular weight is 201 g/mol. The Morgan fingerprint density at radius 1 is 1.54 bits per heavy atom. The number of thioether (sulfide) groups is 1. The molecule has 1 aromatic heterocycles. The number of unbranched alkanes of at least 4 members (excludes halogenated alkanes) is 1. The van der Waals surface area contributed by atoms with Crippen LogP contribution in [-0.2, 0) is 0 Å². The predicted molar refractivity (Wildman–Crippen MR) is 52.5 cm³/mol. The molecule has 1 heterocycles. The van der Waals surface area contributed by atoms with Crippen LogP contribution in [0.3, 0.4) is 0 Å². The first-order valence-electron chi connectivity index (χ1n) is 4.45. The summed E-state index contributed by atoms with van der Waals surface area (Å²) in [7, 11) is 0. The molecule has 0 saturated heterocycles. The van der Waals surface area contributed by atoms with Crippen molar-refractivity contribution in [2.45, 2.75) is 38.0 Å². The summed E-state index contributed by atoms with van der Waals surface area (Å²) in [5.41, 5.74) is 5.58. The van der Waals surface area contributed by atoms with Crippen LogP contribution in [0.2, 0.25) is 0 Å². The summed E-state index contributed by atoms with van der Waals surface area (Å²) in [4.78, 5) is 0. The minimum atomic E-state index is -0.173. The Kier molecular flexibility index (Phi) is 4.24. The Morgan fingerprint density at radius 3 is 2.85 bits per heavy atom. The highest BCUT2D eigenvalue weighted by atomic mass is 32.2. The van der Waals surface area contributed by atoms with E-state index in [2.05, 4.69) is 17.1 Å². The molecule has 2 N–H and O–H groups in total. The van der Waals surface area contributed by atoms with Gasteiger partial charge in [0, 0.05) is 5.75 Å². The van der Waals surface area contributed by atoms with Crippen molar-refractivity contribution in [3.63, 3.8) is 0 Å². The zero-order valence-electron chi connectivity index (χ0n) is 7.99. The summed E-state index contributed by atoms with van der Waals surface area (Å²) < 4.78 is 5.31. The molecule has 1 atom stereocenters. The topological polar surface area (TPSA) is 64.9 Å². The second kappa shape index (κ2) is 5.24. The smallest absolute Gasteiger partial charge is 0.276 e. The van der Waals surface area contributed by atoms with Crippen molar-refractivity contribution in [1.29, 1.82) is 0 Å². The molecular formula is C8H15N3OS. The molecule has 0 bridgehead atoms. The maximum atomic E-state index is 5.58. The number of hydrogen-bond acceptors (Lipinski definition) is 5. The van der Waals surface area contributed by atoms with Gasteiger partial charge in [0.05, 0.1) is 6.04 Å². The van der Waals surface area contributed by atoms with E-state index >= 15 is 0 Å². The van der Waals surface area contributed by atoms with Crippen molar-refractivity contribution >= 4 is 11.8 Å². The van der Waals surface area contributed by atoms with Gasteiger partial charge >= 0.3 is 0 Å². The Bertz CT molecular complexity index is 249. The minimum Gasteiger partial charge on any atom is -0.414 e. The molecule has 0 spiro atoms. The van der Waals surface area contributed by atoms with Gasteiger partial charge < -0.3 is 10.2 Å². The van der Waals surface area contributed by atoms with Gasteiger partial charge in [0.1, 0.15) is 0 Å². The molecule has 74 valence electrons. The van der Waals surface area contributed by atoms with Crippen molar-refractivity contribution in [3.05, 3.63) is 5.89 Å². The molecule has 0 amide bonds. The van der Waals surface area contributed by atoms with E-state index in [9.17, 15) is 0 Å². The Labute approximate surface area is 82.3 Å². The summed E-state index contributed by atoms with van der Waals surface area (Å²) in [5, 5.41) is 8.33. The van der Waals surface area contributed by atoms with Gasteiger partial charge in [0.25, 0.3) is 5.22 Å². The van der Waals surface area contributed by atoms with Crippen LogP contribution in [-0.4, -0.2) is 16.0 Å². The molecule has 0 radical (unpaired) electrons. The largest absolute Gasteiger partial charge is 0.414 e. The first-order valence-corrected chi connectivity index (χ1v) is 5.44. The number of rotatable bonds is 5. The van der Waals surface area contributed by atoms with Crippen LogP contribution in [0.15, 0.2) is 9.64 Å². The fourth-order valence-corrected chi connectivity index (χ4v) is 1.62. The van der Waals surface area contributed by atoms with Crippen molar-refractivity contribution < 1.29 is 4.42 Å². The Morgan fingerprint density at radius 2 is 2.31 bits per heavy atom. The third kappa shape index (κ3) is 3.36. The molecule has 1 aromatic rings. The molecule has 1 rings (SSSR count). The molecule has 1 unspecified atom stereocenters. The van der Waals surface area contributed by atoms with Crippen LogP contribution in [0.1, 0.15) is 38.6 Å². The molecule has 5 heteroatoms. The standard InChI is InChI=1S/C8H15N3OS/c1-3-4-5-13-8-11-10-7(12-8)6(2)9/h6H,3-5,9H2,1-2H3. The van der Waals surface area contributed by atoms with Crippen molar-refractivity contribution in [1.82, 2.24) is 10.2 Å². The van der Waals surface area contributed by atoms with Gasteiger partial charge in [-0.15, -0.1) is 10.2 Å². The van der Waals surface area contributed by atoms with E-state index in [0.717, 1.165) is 5.75 Å². The Hall–Kier alpha value is -0.550. The maximum absolute atomic E-state index is 5.58. The zero-order valence-corrected chi connectivity index (χ0v) is 8.80. The molecule has 0 fully saturated rings. The van der Waals surface area contributed by atoms with Gasteiger partial charge in [-0.05, 0) is 13.3 Å². The maximum Gasteiger partial charge on any atom is 0.276 e. The summed E-state index contributed by atoms with van der Waals surface area (Å²) >= 11 is 1.59. The lowest BCUT2D eigenvalue weighted by atomic mass is 10.4. The third-order valence-corrected chi connectivity index (χ3v) is 2.44. The van der Waals surface area contributed by atoms with Gasteiger partial charge in [-0.25, -0.2) is 0 Å². The number of aromatic nitrogens is 2. The monoisotopic (exact) mass is 201 g/mol. The van der Waals surface area contributed by atoms with E-state index in [1.165, 1.54) is 12.8 Å². The number of nitrogens with zero attached hydrogens (tertiary/aromatic N) is 2. The second-order valence-corrected chi connectivity index (χ2v) is 3.94. The fraction of sp³-hybridized carbons (Fsp3) is 0.750. The lowest BCUT2D eigenvalue weighted by molar-refractivity contribution is 0.394. The minimum absolute atomic E-state index is 0.173. The van der Waals surface area contributed by atoms with Crippen LogP contribution < -0.4 is 5.73 Å². The van der Waals surface area contributed by atoms with Crippen molar-refractivity contribution in [2.24, 2.45) is 5.73 Å². The van der Waals surface area contributed by atoms with Crippen LogP contribution in [0.25, 0.3) is 0 Å². The highest BCUT2D eigenvalue weighted by Gasteiger charge is 2.09. The lowest BCUT2D eigenvalue weighted by Crippen LogP contribution is -2.04. The second-order valence-electron chi connectivity index (χ2n) is 2.90. The van der Waals surface area contributed by atoms with E-state index in [1.807, 2.05) is 6.92 Å². The molecule has 0 saturated carbocycles. The predicted octanol–water partition coefficient (Wildman–Crippen LogP) is 1.98. The van der Waals surface area contributed by atoms with Gasteiger partial charge in [-0.3, -0.25) is 0 Å². The van der Waals surface area contributed by atoms with Gasteiger partial charge in [0.2, 0.25) is 5.89 Å². The SMILES string of the molecule is CCCCSc1nnc(C(C)N)o1. The molecule has 4 nitrogen and oxygen atoms in total. The van der Waals surface area contributed by atoms with Crippen molar-refractivity contribution in [2.75, 3.05) is 5.75 Å². The van der Waals surface area contributed by atoms with Gasteiger partial charge in [-0.2, -0.15) is 0 Å². The normalized spacial score (nSPS) is 13.2. The van der Waals surface area contributed by atoms with E-state index < -0.39 is 0 Å². The first kappa shape index (κ1) is 10.5.